The van der Waals surface area contributed by atoms with Crippen molar-refractivity contribution in [2.45, 2.75) is 30.7 Å². The van der Waals surface area contributed by atoms with Gasteiger partial charge in [-0.15, -0.1) is 0 Å². The zero-order valence-electron chi connectivity index (χ0n) is 32.2. The first-order valence-corrected chi connectivity index (χ1v) is 19.8. The highest BCUT2D eigenvalue weighted by Crippen LogP contribution is 2.39. The molecule has 0 spiro atoms. The molecule has 0 unspecified atom stereocenters. The molecular weight excluding hydrogens is 753 g/mol. The minimum atomic E-state index is -1.56. The smallest absolute Gasteiger partial charge is 0.229 e. The second-order valence-corrected chi connectivity index (χ2v) is 14.9. The molecule has 10 nitrogen and oxygen atoms in total. The Morgan fingerprint density at radius 2 is 0.850 bits per heavy atom. The van der Waals surface area contributed by atoms with Crippen molar-refractivity contribution in [1.29, 1.82) is 0 Å². The summed E-state index contributed by atoms with van der Waals surface area (Å²) < 4.78 is 11.6. The number of aliphatic hydroxyl groups excluding tert-OH is 4. The van der Waals surface area contributed by atoms with E-state index in [-0.39, 0.29) is 0 Å². The predicted octanol–water partition coefficient (Wildman–Crippen LogP) is 8.50. The van der Waals surface area contributed by atoms with E-state index >= 15 is 0 Å². The van der Waals surface area contributed by atoms with E-state index in [0.29, 0.717) is 17.1 Å². The predicted molar refractivity (Wildman–Crippen MR) is 235 cm³/mol. The van der Waals surface area contributed by atoms with Crippen molar-refractivity contribution in [2.24, 2.45) is 0 Å². The average molecular weight is 793 g/mol. The van der Waals surface area contributed by atoms with E-state index in [4.69, 9.17) is 19.4 Å². The lowest BCUT2D eigenvalue weighted by atomic mass is 9.99. The number of nitrogens with zero attached hydrogens (tertiary/aromatic N) is 2. The number of nitrogens with one attached hydrogen (secondary N) is 2. The second kappa shape index (κ2) is 15.7. The molecule has 3 aliphatic rings. The average Bonchev–Trinajstić information content (AvgIpc) is 4.14. The lowest BCUT2D eigenvalue weighted by molar-refractivity contribution is -0.277. The van der Waals surface area contributed by atoms with Gasteiger partial charge >= 0.3 is 0 Å². The Balaban J connectivity index is 1.23. The van der Waals surface area contributed by atoms with Crippen LogP contribution in [0.1, 0.15) is 22.8 Å². The highest BCUT2D eigenvalue weighted by molar-refractivity contribution is 6.00. The summed E-state index contributed by atoms with van der Waals surface area (Å²) in [6.07, 6.45) is 1.12. The van der Waals surface area contributed by atoms with Crippen LogP contribution >= 0.6 is 0 Å². The fourth-order valence-corrected chi connectivity index (χ4v) is 8.23. The molecule has 60 heavy (non-hydrogen) atoms. The van der Waals surface area contributed by atoms with Crippen LogP contribution in [0.2, 0.25) is 0 Å². The van der Waals surface area contributed by atoms with Gasteiger partial charge in [0, 0.05) is 44.3 Å². The van der Waals surface area contributed by atoms with Crippen molar-refractivity contribution in [1.82, 2.24) is 19.9 Å². The van der Waals surface area contributed by atoms with Crippen molar-refractivity contribution in [3.63, 3.8) is 0 Å². The van der Waals surface area contributed by atoms with Crippen LogP contribution in [0.4, 0.5) is 0 Å². The van der Waals surface area contributed by atoms with Gasteiger partial charge in [-0.3, -0.25) is 0 Å². The number of H-pyrrole nitrogens is 2. The van der Waals surface area contributed by atoms with E-state index in [0.717, 1.165) is 78.0 Å². The van der Waals surface area contributed by atoms with Crippen LogP contribution in [-0.4, -0.2) is 77.7 Å². The molecule has 0 amide bonds. The van der Waals surface area contributed by atoms with Crippen molar-refractivity contribution < 1.29 is 29.9 Å². The van der Waals surface area contributed by atoms with Crippen molar-refractivity contribution in [2.75, 3.05) is 6.61 Å². The van der Waals surface area contributed by atoms with Gasteiger partial charge < -0.3 is 39.9 Å². The Morgan fingerprint density at radius 3 is 1.30 bits per heavy atom. The molecule has 8 bridgehead atoms. The molecule has 3 aromatic heterocycles. The molecule has 6 N–H and O–H groups in total. The molecular formula is C50H40N4O6. The maximum Gasteiger partial charge on any atom is 0.229 e. The number of aliphatic hydroxyl groups is 4. The summed E-state index contributed by atoms with van der Waals surface area (Å²) >= 11 is 0. The van der Waals surface area contributed by atoms with E-state index in [1.165, 1.54) is 0 Å². The first-order chi connectivity index (χ1) is 29.4. The minimum Gasteiger partial charge on any atom is -0.462 e. The molecule has 4 aromatic carbocycles. The van der Waals surface area contributed by atoms with Gasteiger partial charge in [0.25, 0.3) is 0 Å². The number of ether oxygens (including phenoxy) is 2. The normalized spacial score (nSPS) is 19.7. The lowest BCUT2D eigenvalue weighted by Crippen LogP contribution is -2.60. The van der Waals surface area contributed by atoms with Gasteiger partial charge in [0.2, 0.25) is 6.29 Å². The van der Waals surface area contributed by atoms with Gasteiger partial charge in [-0.1, -0.05) is 103 Å². The first kappa shape index (κ1) is 37.4. The molecule has 1 saturated heterocycles. The summed E-state index contributed by atoms with van der Waals surface area (Å²) in [6, 6.07) is 46.6. The van der Waals surface area contributed by atoms with Crippen LogP contribution in [0, 0.1) is 0 Å². The second-order valence-electron chi connectivity index (χ2n) is 14.9. The summed E-state index contributed by atoms with van der Waals surface area (Å²) in [5.41, 5.74) is 14.3. The van der Waals surface area contributed by atoms with E-state index in [1.807, 2.05) is 78.9 Å². The molecule has 0 saturated carbocycles. The van der Waals surface area contributed by atoms with Gasteiger partial charge in [0.1, 0.15) is 30.2 Å². The van der Waals surface area contributed by atoms with Crippen LogP contribution in [0.25, 0.3) is 90.9 Å². The van der Waals surface area contributed by atoms with Gasteiger partial charge in [-0.2, -0.15) is 0 Å². The maximum atomic E-state index is 10.6. The fourth-order valence-electron chi connectivity index (χ4n) is 8.23. The van der Waals surface area contributed by atoms with Gasteiger partial charge in [0.05, 0.1) is 29.4 Å². The van der Waals surface area contributed by atoms with Crippen LogP contribution in [0.15, 0.2) is 140 Å². The molecule has 5 atom stereocenters. The van der Waals surface area contributed by atoms with Gasteiger partial charge in [0.15, 0.2) is 0 Å². The third-order valence-electron chi connectivity index (χ3n) is 11.2. The molecule has 296 valence electrons. The number of rotatable bonds is 7. The molecule has 10 rings (SSSR count). The van der Waals surface area contributed by atoms with Gasteiger partial charge in [-0.25, -0.2) is 9.97 Å². The largest absolute Gasteiger partial charge is 0.462 e. The fraction of sp³-hybridized carbons (Fsp3) is 0.120. The van der Waals surface area contributed by atoms with Crippen LogP contribution in [0.3, 0.4) is 0 Å². The molecule has 1 fully saturated rings. The highest BCUT2D eigenvalue weighted by atomic mass is 16.7. The molecule has 7 aromatic rings. The van der Waals surface area contributed by atoms with E-state index in [9.17, 15) is 20.4 Å². The zero-order chi connectivity index (χ0) is 40.7. The van der Waals surface area contributed by atoms with E-state index < -0.39 is 37.3 Å². The molecule has 3 aliphatic heterocycles. The first-order valence-electron chi connectivity index (χ1n) is 19.8. The van der Waals surface area contributed by atoms with E-state index in [2.05, 4.69) is 82.8 Å². The third-order valence-corrected chi connectivity index (χ3v) is 11.2. The number of benzene rings is 4. The highest BCUT2D eigenvalue weighted by Gasteiger charge is 2.44. The SMILES string of the molecule is OC[C@H]1O[C@@H](Oc2ccc(-c3c4nc(c(-c5ccccc5)c5ccc([nH]5)c(-c5ccccc5)c5ccc([nH]5)c(-c5ccccc5)c5nc3C=C5)C=C4)cc2)[C@H](O)[C@@H](O)[C@@H]1O. The summed E-state index contributed by atoms with van der Waals surface area (Å²) in [7, 11) is 0. The Bertz CT molecular complexity index is 2790. The third kappa shape index (κ3) is 6.82. The van der Waals surface area contributed by atoms with E-state index in [1.54, 1.807) is 12.1 Å². The Hall–Kier alpha value is -6.92. The summed E-state index contributed by atoms with van der Waals surface area (Å²) in [5.74, 6) is 0.348. The Labute approximate surface area is 345 Å². The van der Waals surface area contributed by atoms with Gasteiger partial charge in [-0.05, 0) is 83.0 Å². The maximum absolute atomic E-state index is 10.6. The van der Waals surface area contributed by atoms with Crippen LogP contribution < -0.4 is 4.74 Å². The lowest BCUT2D eigenvalue weighted by Gasteiger charge is -2.39. The van der Waals surface area contributed by atoms with Crippen LogP contribution in [0.5, 0.6) is 5.75 Å². The molecule has 6 heterocycles. The number of aromatic amines is 2. The Kier molecular flexibility index (Phi) is 9.77. The summed E-state index contributed by atoms with van der Waals surface area (Å²) in [5, 5.41) is 40.9. The monoisotopic (exact) mass is 792 g/mol. The minimum absolute atomic E-state index is 0.348. The summed E-state index contributed by atoms with van der Waals surface area (Å²) in [6.45, 7) is -0.554. The molecule has 0 radical (unpaired) electrons. The summed E-state index contributed by atoms with van der Waals surface area (Å²) in [4.78, 5) is 18.2. The standard InChI is InChI=1S/C50H40N4O6/c55-28-42-47(56)48(57)49(58)50(60-42)59-33-18-16-32(17-19-33)46-40-26-24-38(53-40)44(30-12-6-2-7-13-30)36-22-20-34(51-36)43(29-10-4-1-5-11-29)35-21-23-37(52-35)45(31-14-8-3-9-15-31)39-25-27-41(46)54-39/h1-27,42,47-52,55-58H,28H2/t42-,47-,48+,49-,50-/m1/s1. The number of aromatic nitrogens is 4. The van der Waals surface area contributed by atoms with Crippen LogP contribution in [-0.2, 0) is 4.74 Å². The topological polar surface area (TPSA) is 157 Å². The zero-order valence-corrected chi connectivity index (χ0v) is 32.2. The number of hydrogen-bond donors (Lipinski definition) is 6. The van der Waals surface area contributed by atoms with Crippen molar-refractivity contribution in [3.8, 4) is 50.3 Å². The quantitative estimate of drug-likeness (QED) is 0.0939. The Morgan fingerprint density at radius 1 is 0.450 bits per heavy atom. The number of fused-ring (bicyclic) bond motifs is 8. The number of hydrogen-bond acceptors (Lipinski definition) is 8. The van der Waals surface area contributed by atoms with Crippen molar-refractivity contribution in [3.05, 3.63) is 162 Å². The molecule has 0 aliphatic carbocycles. The molecule has 10 heteroatoms. The van der Waals surface area contributed by atoms with Crippen molar-refractivity contribution >= 4 is 46.4 Å².